The fourth-order valence-corrected chi connectivity index (χ4v) is 5.61. The number of hydrogen-bond donors (Lipinski definition) is 2. The highest BCUT2D eigenvalue weighted by Crippen LogP contribution is 2.45. The first-order valence-electron chi connectivity index (χ1n) is 10.8. The Labute approximate surface area is 232 Å². The van der Waals surface area contributed by atoms with Gasteiger partial charge in [-0.15, -0.1) is 0 Å². The summed E-state index contributed by atoms with van der Waals surface area (Å²) in [4.78, 5) is 0. The van der Waals surface area contributed by atoms with Crippen molar-refractivity contribution in [1.29, 1.82) is 0 Å². The summed E-state index contributed by atoms with van der Waals surface area (Å²) in [5.41, 5.74) is 13.1. The predicted octanol–water partition coefficient (Wildman–Crippen LogP) is 8.07. The molecule has 4 N–H and O–H groups in total. The first kappa shape index (κ1) is 29.1. The zero-order chi connectivity index (χ0) is 25.5. The molecule has 4 nitrogen and oxygen atoms in total. The lowest BCUT2D eigenvalue weighted by Crippen LogP contribution is -2.45. The third-order valence-corrected chi connectivity index (χ3v) is 8.72. The second-order valence-corrected chi connectivity index (χ2v) is 13.6. The minimum absolute atomic E-state index is 0.130. The molecule has 0 aromatic heterocycles. The van der Waals surface area contributed by atoms with Crippen LogP contribution in [0.3, 0.4) is 0 Å². The van der Waals surface area contributed by atoms with Crippen molar-refractivity contribution in [3.8, 4) is 11.5 Å². The van der Waals surface area contributed by atoms with E-state index in [1.807, 2.05) is 41.5 Å². The fourth-order valence-electron chi connectivity index (χ4n) is 2.92. The van der Waals surface area contributed by atoms with Gasteiger partial charge in [0.05, 0.1) is 17.9 Å². The number of ether oxygens (including phenoxy) is 2. The minimum Gasteiger partial charge on any atom is -0.484 e. The third kappa shape index (κ3) is 6.56. The lowest BCUT2D eigenvalue weighted by molar-refractivity contribution is 0.0840. The van der Waals surface area contributed by atoms with Gasteiger partial charge in [0, 0.05) is 17.5 Å². The third-order valence-electron chi connectivity index (χ3n) is 6.36. The molecular formula is C25H34Br4N2O2. The largest absolute Gasteiger partial charge is 0.484 e. The highest BCUT2D eigenvalue weighted by Gasteiger charge is 2.32. The van der Waals surface area contributed by atoms with E-state index >= 15 is 0 Å². The average Bonchev–Trinajstić information content (AvgIpc) is 2.66. The summed E-state index contributed by atoms with van der Waals surface area (Å²) in [6, 6.07) is 8.14. The molecule has 0 aliphatic rings. The molecule has 2 rings (SSSR count). The van der Waals surface area contributed by atoms with E-state index in [2.05, 4.69) is 102 Å². The van der Waals surface area contributed by atoms with Gasteiger partial charge in [-0.25, -0.2) is 0 Å². The molecule has 0 spiro atoms. The maximum atomic E-state index is 6.26. The van der Waals surface area contributed by atoms with Crippen LogP contribution >= 0.6 is 63.7 Å². The van der Waals surface area contributed by atoms with E-state index in [1.54, 1.807) is 0 Å². The topological polar surface area (TPSA) is 70.5 Å². The highest BCUT2D eigenvalue weighted by molar-refractivity contribution is 9.11. The summed E-state index contributed by atoms with van der Waals surface area (Å²) in [6.07, 6.45) is 0. The average molecular weight is 714 g/mol. The maximum absolute atomic E-state index is 6.26. The van der Waals surface area contributed by atoms with Gasteiger partial charge in [0.2, 0.25) is 0 Å². The first-order chi connectivity index (χ1) is 14.9. The Morgan fingerprint density at radius 3 is 1.06 bits per heavy atom. The first-order valence-corrected chi connectivity index (χ1v) is 14.0. The van der Waals surface area contributed by atoms with E-state index in [9.17, 15) is 0 Å². The van der Waals surface area contributed by atoms with Gasteiger partial charge in [0.1, 0.15) is 22.7 Å². The molecule has 184 valence electrons. The van der Waals surface area contributed by atoms with Crippen LogP contribution < -0.4 is 20.9 Å². The van der Waals surface area contributed by atoms with Crippen LogP contribution in [0.25, 0.3) is 0 Å². The molecule has 0 saturated heterocycles. The number of benzene rings is 2. The molecule has 33 heavy (non-hydrogen) atoms. The summed E-state index contributed by atoms with van der Waals surface area (Å²) in [5, 5.41) is 0. The standard InChI is InChI=1S/C25H34Br4N2O2/c1-13(30)24(5,6)32-21-17(26)9-15(10-18(21)27)23(3,4)16-11-19(28)22(20(29)12-16)33-25(7,8)14(2)31/h9-14H,30-31H2,1-8H3. The molecule has 0 amide bonds. The van der Waals surface area contributed by atoms with Gasteiger partial charge >= 0.3 is 0 Å². The number of halogens is 4. The predicted molar refractivity (Wildman–Crippen MR) is 153 cm³/mol. The van der Waals surface area contributed by atoms with E-state index in [-0.39, 0.29) is 17.5 Å². The Balaban J connectivity index is 2.48. The van der Waals surface area contributed by atoms with Crippen molar-refractivity contribution in [3.05, 3.63) is 53.3 Å². The molecule has 0 bridgehead atoms. The second kappa shape index (κ2) is 10.5. The molecule has 2 atom stereocenters. The molecule has 8 heteroatoms. The Kier molecular flexibility index (Phi) is 9.24. The Morgan fingerprint density at radius 1 is 0.606 bits per heavy atom. The lowest BCUT2D eigenvalue weighted by Gasteiger charge is -2.33. The van der Waals surface area contributed by atoms with Crippen LogP contribution in [0, 0.1) is 0 Å². The van der Waals surface area contributed by atoms with Gasteiger partial charge in [0.15, 0.2) is 0 Å². The van der Waals surface area contributed by atoms with E-state index in [1.165, 1.54) is 0 Å². The van der Waals surface area contributed by atoms with Gasteiger partial charge in [0.25, 0.3) is 0 Å². The smallest absolute Gasteiger partial charge is 0.148 e. The molecule has 2 aromatic rings. The summed E-state index contributed by atoms with van der Waals surface area (Å²) < 4.78 is 16.0. The molecule has 2 aromatic carbocycles. The molecule has 0 aliphatic carbocycles. The molecule has 0 fully saturated rings. The van der Waals surface area contributed by atoms with Crippen molar-refractivity contribution in [3.63, 3.8) is 0 Å². The van der Waals surface area contributed by atoms with E-state index in [4.69, 9.17) is 20.9 Å². The zero-order valence-electron chi connectivity index (χ0n) is 20.4. The molecule has 0 heterocycles. The minimum atomic E-state index is -0.511. The summed E-state index contributed by atoms with van der Waals surface area (Å²) in [6.45, 7) is 16.2. The zero-order valence-corrected chi connectivity index (χ0v) is 26.8. The fraction of sp³-hybridized carbons (Fsp3) is 0.520. The molecule has 0 aliphatic heterocycles. The van der Waals surface area contributed by atoms with Gasteiger partial charge in [-0.05, 0) is 141 Å². The molecule has 0 saturated carbocycles. The molecule has 0 radical (unpaired) electrons. The Bertz CT molecular complexity index is 892. The quantitative estimate of drug-likeness (QED) is 0.291. The maximum Gasteiger partial charge on any atom is 0.148 e. The van der Waals surface area contributed by atoms with Crippen LogP contribution in [0.2, 0.25) is 0 Å². The molecule has 2 unspecified atom stereocenters. The normalized spacial score (nSPS) is 14.7. The van der Waals surface area contributed by atoms with Crippen molar-refractivity contribution < 1.29 is 9.47 Å². The summed E-state index contributed by atoms with van der Waals surface area (Å²) in [7, 11) is 0. The van der Waals surface area contributed by atoms with E-state index in [0.29, 0.717) is 0 Å². The van der Waals surface area contributed by atoms with Crippen LogP contribution in [-0.4, -0.2) is 23.3 Å². The highest BCUT2D eigenvalue weighted by atomic mass is 79.9. The van der Waals surface area contributed by atoms with Crippen molar-refractivity contribution in [2.24, 2.45) is 11.5 Å². The van der Waals surface area contributed by atoms with Gasteiger partial charge in [-0.1, -0.05) is 13.8 Å². The number of nitrogens with two attached hydrogens (primary N) is 2. The van der Waals surface area contributed by atoms with E-state index < -0.39 is 11.2 Å². The van der Waals surface area contributed by atoms with Crippen LogP contribution in [-0.2, 0) is 5.41 Å². The van der Waals surface area contributed by atoms with Crippen molar-refractivity contribution in [2.45, 2.75) is 84.1 Å². The van der Waals surface area contributed by atoms with Crippen LogP contribution in [0.4, 0.5) is 0 Å². The summed E-state index contributed by atoms with van der Waals surface area (Å²) in [5.74, 6) is 1.47. The van der Waals surface area contributed by atoms with Crippen LogP contribution in [0.15, 0.2) is 42.2 Å². The number of hydrogen-bond acceptors (Lipinski definition) is 4. The number of rotatable bonds is 8. The lowest BCUT2D eigenvalue weighted by atomic mass is 9.78. The summed E-state index contributed by atoms with van der Waals surface area (Å²) >= 11 is 14.8. The van der Waals surface area contributed by atoms with Gasteiger partial charge < -0.3 is 20.9 Å². The van der Waals surface area contributed by atoms with Gasteiger partial charge in [-0.3, -0.25) is 0 Å². The van der Waals surface area contributed by atoms with Crippen LogP contribution in [0.1, 0.15) is 66.5 Å². The van der Waals surface area contributed by atoms with Crippen LogP contribution in [0.5, 0.6) is 11.5 Å². The molecular weight excluding hydrogens is 680 g/mol. The Morgan fingerprint density at radius 2 is 0.848 bits per heavy atom. The van der Waals surface area contributed by atoms with E-state index in [0.717, 1.165) is 40.5 Å². The SMILES string of the molecule is CC(N)C(C)(C)Oc1c(Br)cc(C(C)(C)c2cc(Br)c(OC(C)(C)C(C)N)c(Br)c2)cc1Br. The van der Waals surface area contributed by atoms with Gasteiger partial charge in [-0.2, -0.15) is 0 Å². The second-order valence-electron chi connectivity index (χ2n) is 10.2. The monoisotopic (exact) mass is 710 g/mol. The van der Waals surface area contributed by atoms with Crippen molar-refractivity contribution in [2.75, 3.05) is 0 Å². The Hall–Kier alpha value is -0.120. The van der Waals surface area contributed by atoms with Crippen molar-refractivity contribution >= 4 is 63.7 Å². The van der Waals surface area contributed by atoms with Crippen molar-refractivity contribution in [1.82, 2.24) is 0 Å².